The quantitative estimate of drug-likeness (QED) is 0.624. The van der Waals surface area contributed by atoms with Crippen LogP contribution < -0.4 is 0 Å². The third kappa shape index (κ3) is 4.19. The molecule has 0 aliphatic carbocycles. The Morgan fingerprint density at radius 2 is 1.96 bits per heavy atom. The van der Waals surface area contributed by atoms with Gasteiger partial charge in [0.2, 0.25) is 5.16 Å². The molecular formula is C16H20N6S. The monoisotopic (exact) mass is 328 g/mol. The van der Waals surface area contributed by atoms with Gasteiger partial charge in [-0.2, -0.15) is 5.10 Å². The van der Waals surface area contributed by atoms with Gasteiger partial charge in [-0.25, -0.2) is 4.68 Å². The van der Waals surface area contributed by atoms with Gasteiger partial charge in [0.25, 0.3) is 0 Å². The molecule has 0 atom stereocenters. The van der Waals surface area contributed by atoms with Gasteiger partial charge >= 0.3 is 0 Å². The smallest absolute Gasteiger partial charge is 0.209 e. The number of nitrogens with zero attached hydrogens (tertiary/aromatic N) is 6. The second-order valence-electron chi connectivity index (χ2n) is 5.74. The molecule has 0 radical (unpaired) electrons. The lowest BCUT2D eigenvalue weighted by Crippen LogP contribution is -2.08. The maximum atomic E-state index is 4.43. The van der Waals surface area contributed by atoms with Crippen LogP contribution in [0.5, 0.6) is 0 Å². The van der Waals surface area contributed by atoms with Gasteiger partial charge in [-0.1, -0.05) is 55.9 Å². The average molecular weight is 328 g/mol. The van der Waals surface area contributed by atoms with Gasteiger partial charge in [-0.15, -0.1) is 5.10 Å². The molecule has 3 rings (SSSR count). The van der Waals surface area contributed by atoms with E-state index in [1.165, 1.54) is 5.56 Å². The third-order valence-electron chi connectivity index (χ3n) is 3.33. The van der Waals surface area contributed by atoms with E-state index in [9.17, 15) is 0 Å². The highest BCUT2D eigenvalue weighted by molar-refractivity contribution is 7.99. The molecule has 0 unspecified atom stereocenters. The minimum Gasteiger partial charge on any atom is -0.271 e. The normalized spacial score (nSPS) is 11.3. The minimum absolute atomic E-state index is 0.525. The summed E-state index contributed by atoms with van der Waals surface area (Å²) in [4.78, 5) is 0. The van der Waals surface area contributed by atoms with Gasteiger partial charge in [0, 0.05) is 24.1 Å². The topological polar surface area (TPSA) is 61.4 Å². The number of rotatable bonds is 7. The van der Waals surface area contributed by atoms with E-state index in [2.05, 4.69) is 52.8 Å². The summed E-state index contributed by atoms with van der Waals surface area (Å²) in [6, 6.07) is 10.3. The van der Waals surface area contributed by atoms with Crippen molar-refractivity contribution in [3.8, 4) is 11.1 Å². The zero-order valence-corrected chi connectivity index (χ0v) is 14.1. The van der Waals surface area contributed by atoms with Crippen LogP contribution >= 0.6 is 11.8 Å². The van der Waals surface area contributed by atoms with Crippen molar-refractivity contribution in [1.82, 2.24) is 30.0 Å². The number of aryl methyl sites for hydroxylation is 1. The molecule has 0 fully saturated rings. The van der Waals surface area contributed by atoms with Gasteiger partial charge in [-0.05, 0) is 21.9 Å². The molecule has 6 nitrogen and oxygen atoms in total. The van der Waals surface area contributed by atoms with Crippen LogP contribution in [0.25, 0.3) is 11.1 Å². The maximum Gasteiger partial charge on any atom is 0.209 e. The molecule has 23 heavy (non-hydrogen) atoms. The van der Waals surface area contributed by atoms with Gasteiger partial charge in [0.15, 0.2) is 0 Å². The van der Waals surface area contributed by atoms with E-state index in [1.807, 2.05) is 33.8 Å². The molecule has 0 spiro atoms. The van der Waals surface area contributed by atoms with Gasteiger partial charge in [-0.3, -0.25) is 4.68 Å². The van der Waals surface area contributed by atoms with Crippen LogP contribution in [0, 0.1) is 5.92 Å². The van der Waals surface area contributed by atoms with E-state index in [0.717, 1.165) is 29.6 Å². The second-order valence-corrected chi connectivity index (χ2v) is 6.81. The van der Waals surface area contributed by atoms with Gasteiger partial charge in [0.05, 0.1) is 12.7 Å². The molecule has 2 aromatic heterocycles. The Labute approximate surface area is 139 Å². The number of hydrogen-bond donors (Lipinski definition) is 0. The molecule has 0 aliphatic rings. The predicted octanol–water partition coefficient (Wildman–Crippen LogP) is 2.98. The lowest BCUT2D eigenvalue weighted by Gasteiger charge is -2.06. The van der Waals surface area contributed by atoms with Crippen molar-refractivity contribution in [3.05, 3.63) is 42.7 Å². The summed E-state index contributed by atoms with van der Waals surface area (Å²) < 4.78 is 3.83. The first-order valence-electron chi connectivity index (χ1n) is 7.69. The number of benzene rings is 1. The highest BCUT2D eigenvalue weighted by Gasteiger charge is 2.08. The highest BCUT2D eigenvalue weighted by atomic mass is 32.2. The number of aromatic nitrogens is 6. The van der Waals surface area contributed by atoms with Gasteiger partial charge in [0.1, 0.15) is 0 Å². The molecule has 0 bridgehead atoms. The van der Waals surface area contributed by atoms with Crippen LogP contribution in [-0.4, -0.2) is 35.7 Å². The van der Waals surface area contributed by atoms with E-state index < -0.39 is 0 Å². The summed E-state index contributed by atoms with van der Waals surface area (Å²) in [6.07, 6.45) is 3.98. The third-order valence-corrected chi connectivity index (χ3v) is 4.27. The molecule has 1 aromatic carbocycles. The number of tetrazole rings is 1. The van der Waals surface area contributed by atoms with Crippen molar-refractivity contribution in [1.29, 1.82) is 0 Å². The maximum absolute atomic E-state index is 4.43. The molecule has 2 heterocycles. The fraction of sp³-hybridized carbons (Fsp3) is 0.375. The van der Waals surface area contributed by atoms with Crippen LogP contribution in [-0.2, 0) is 13.1 Å². The SMILES string of the molecule is CC(C)Cn1nnnc1SCCn1cc(-c2ccccc2)cn1. The number of thioether (sulfide) groups is 1. The molecule has 0 aliphatic heterocycles. The van der Waals surface area contributed by atoms with Crippen molar-refractivity contribution in [2.45, 2.75) is 32.1 Å². The van der Waals surface area contributed by atoms with Crippen LogP contribution in [0.15, 0.2) is 47.9 Å². The molecule has 0 saturated carbocycles. The first-order valence-corrected chi connectivity index (χ1v) is 8.68. The molecule has 0 saturated heterocycles. The van der Waals surface area contributed by atoms with Crippen LogP contribution in [0.3, 0.4) is 0 Å². The zero-order chi connectivity index (χ0) is 16.1. The van der Waals surface area contributed by atoms with Crippen molar-refractivity contribution in [3.63, 3.8) is 0 Å². The first-order chi connectivity index (χ1) is 11.2. The minimum atomic E-state index is 0.525. The molecule has 7 heteroatoms. The van der Waals surface area contributed by atoms with E-state index in [1.54, 1.807) is 11.8 Å². The van der Waals surface area contributed by atoms with Gasteiger partial charge < -0.3 is 0 Å². The first kappa shape index (κ1) is 15.7. The lowest BCUT2D eigenvalue weighted by molar-refractivity contribution is 0.445. The van der Waals surface area contributed by atoms with E-state index in [-0.39, 0.29) is 0 Å². The van der Waals surface area contributed by atoms with E-state index in [4.69, 9.17) is 0 Å². The summed E-state index contributed by atoms with van der Waals surface area (Å²) in [7, 11) is 0. The fourth-order valence-corrected chi connectivity index (χ4v) is 3.07. The summed E-state index contributed by atoms with van der Waals surface area (Å²) in [5.74, 6) is 1.41. The summed E-state index contributed by atoms with van der Waals surface area (Å²) in [5, 5.41) is 17.2. The Balaban J connectivity index is 1.56. The Hall–Kier alpha value is -2.15. The Kier molecular flexibility index (Phi) is 5.07. The van der Waals surface area contributed by atoms with E-state index >= 15 is 0 Å². The van der Waals surface area contributed by atoms with Crippen molar-refractivity contribution >= 4 is 11.8 Å². The van der Waals surface area contributed by atoms with Crippen molar-refractivity contribution in [2.24, 2.45) is 5.92 Å². The standard InChI is InChI=1S/C16H20N6S/c1-13(2)11-22-16(18-19-20-22)23-9-8-21-12-15(10-17-21)14-6-4-3-5-7-14/h3-7,10,12-13H,8-9,11H2,1-2H3. The molecular weight excluding hydrogens is 308 g/mol. The summed E-state index contributed by atoms with van der Waals surface area (Å²) in [6.45, 7) is 5.98. The lowest BCUT2D eigenvalue weighted by atomic mass is 10.1. The fourth-order valence-electron chi connectivity index (χ4n) is 2.26. The van der Waals surface area contributed by atoms with Crippen LogP contribution in [0.2, 0.25) is 0 Å². The highest BCUT2D eigenvalue weighted by Crippen LogP contribution is 2.19. The second kappa shape index (κ2) is 7.41. The van der Waals surface area contributed by atoms with Crippen LogP contribution in [0.1, 0.15) is 13.8 Å². The summed E-state index contributed by atoms with van der Waals surface area (Å²) >= 11 is 1.66. The Morgan fingerprint density at radius 1 is 1.13 bits per heavy atom. The van der Waals surface area contributed by atoms with Crippen molar-refractivity contribution < 1.29 is 0 Å². The molecule has 120 valence electrons. The Morgan fingerprint density at radius 3 is 2.74 bits per heavy atom. The largest absolute Gasteiger partial charge is 0.271 e. The average Bonchev–Trinajstić information content (AvgIpc) is 3.18. The molecule has 0 amide bonds. The molecule has 3 aromatic rings. The van der Waals surface area contributed by atoms with Crippen molar-refractivity contribution in [2.75, 3.05) is 5.75 Å². The summed E-state index contributed by atoms with van der Waals surface area (Å²) in [5.41, 5.74) is 2.33. The van der Waals surface area contributed by atoms with E-state index in [0.29, 0.717) is 5.92 Å². The molecule has 0 N–H and O–H groups in total. The van der Waals surface area contributed by atoms with Crippen LogP contribution in [0.4, 0.5) is 0 Å². The number of hydrogen-bond acceptors (Lipinski definition) is 5. The predicted molar refractivity (Wildman–Crippen MR) is 91.0 cm³/mol. The Bertz CT molecular complexity index is 734. The zero-order valence-electron chi connectivity index (χ0n) is 13.3.